The number of rotatable bonds is 4. The predicted octanol–water partition coefficient (Wildman–Crippen LogP) is 1.06. The molecule has 6 heteroatoms. The van der Waals surface area contributed by atoms with Gasteiger partial charge in [-0.2, -0.15) is 0 Å². The van der Waals surface area contributed by atoms with Crippen LogP contribution in [0, 0.1) is 5.41 Å². The summed E-state index contributed by atoms with van der Waals surface area (Å²) in [5.74, 6) is 1.15. The lowest BCUT2D eigenvalue weighted by Gasteiger charge is -2.33. The van der Waals surface area contributed by atoms with Gasteiger partial charge in [0.15, 0.2) is 7.50 Å². The van der Waals surface area contributed by atoms with Crippen molar-refractivity contribution in [2.45, 2.75) is 13.8 Å². The Hall–Kier alpha value is 0.620. The third-order valence-corrected chi connectivity index (χ3v) is 5.12. The Morgan fingerprint density at radius 1 is 1.62 bits per heavy atom. The van der Waals surface area contributed by atoms with Gasteiger partial charge >= 0.3 is 0 Å². The number of hydrazine groups is 1. The van der Waals surface area contributed by atoms with Crippen LogP contribution in [-0.2, 0) is 4.52 Å². The fourth-order valence-electron chi connectivity index (χ4n) is 0.803. The summed E-state index contributed by atoms with van der Waals surface area (Å²) in [6.07, 6.45) is 0. The molecule has 1 atom stereocenters. The molecule has 1 fully saturated rings. The van der Waals surface area contributed by atoms with Crippen molar-refractivity contribution in [1.29, 1.82) is 0 Å². The zero-order valence-corrected chi connectivity index (χ0v) is 9.88. The number of nitrogens with one attached hydrogen (secondary N) is 2. The molecule has 0 aromatic rings. The Balaban J connectivity index is 2.11. The fourth-order valence-corrected chi connectivity index (χ4v) is 4.43. The monoisotopic (exact) mass is 223 g/mol. The number of nitrogens with two attached hydrogens (primary N) is 1. The van der Waals surface area contributed by atoms with Gasteiger partial charge < -0.3 is 10.3 Å². The van der Waals surface area contributed by atoms with Gasteiger partial charge in [-0.3, -0.25) is 5.43 Å². The van der Waals surface area contributed by atoms with E-state index in [1.165, 1.54) is 0 Å². The van der Waals surface area contributed by atoms with Crippen LogP contribution < -0.4 is 16.4 Å². The minimum atomic E-state index is -0.542. The van der Waals surface area contributed by atoms with E-state index in [9.17, 15) is 0 Å². The van der Waals surface area contributed by atoms with E-state index in [1.54, 1.807) is 0 Å². The third kappa shape index (κ3) is 4.58. The van der Waals surface area contributed by atoms with E-state index in [4.69, 9.17) is 10.3 Å². The quantitative estimate of drug-likeness (QED) is 0.378. The summed E-state index contributed by atoms with van der Waals surface area (Å²) in [5.41, 5.74) is 8.70. The van der Waals surface area contributed by atoms with Crippen LogP contribution in [0.2, 0.25) is 0 Å². The van der Waals surface area contributed by atoms with Crippen LogP contribution in [-0.4, -0.2) is 25.4 Å². The molecule has 4 N–H and O–H groups in total. The normalized spacial score (nSPS) is 27.5. The van der Waals surface area contributed by atoms with Gasteiger partial charge in [0.1, 0.15) is 0 Å². The maximum absolute atomic E-state index is 5.65. The van der Waals surface area contributed by atoms with Gasteiger partial charge in [-0.25, -0.2) is 5.20 Å². The van der Waals surface area contributed by atoms with E-state index in [2.05, 4.69) is 24.5 Å². The van der Waals surface area contributed by atoms with E-state index in [1.807, 2.05) is 11.4 Å². The molecule has 0 spiro atoms. The van der Waals surface area contributed by atoms with Crippen molar-refractivity contribution in [3.8, 4) is 0 Å². The van der Waals surface area contributed by atoms with Gasteiger partial charge in [-0.05, 0) is 5.41 Å². The second-order valence-corrected chi connectivity index (χ2v) is 7.11. The zero-order valence-electron chi connectivity index (χ0n) is 8.17. The van der Waals surface area contributed by atoms with Crippen molar-refractivity contribution in [2.75, 3.05) is 25.4 Å². The van der Waals surface area contributed by atoms with Gasteiger partial charge in [0.05, 0.1) is 6.61 Å². The molecule has 0 aliphatic carbocycles. The van der Waals surface area contributed by atoms with Crippen LogP contribution in [0.15, 0.2) is 0 Å². The lowest BCUT2D eigenvalue weighted by Crippen LogP contribution is -2.34. The highest BCUT2D eigenvalue weighted by Crippen LogP contribution is 2.53. The summed E-state index contributed by atoms with van der Waals surface area (Å²) in [6, 6.07) is 0. The Kier molecular flexibility index (Phi) is 4.94. The highest BCUT2D eigenvalue weighted by molar-refractivity contribution is 8.53. The SMILES string of the molecule is CC1(C)COP(NNCCN)SC1. The summed E-state index contributed by atoms with van der Waals surface area (Å²) in [6.45, 7) is 6.71. The van der Waals surface area contributed by atoms with Crippen LogP contribution in [0.3, 0.4) is 0 Å². The minimum absolute atomic E-state index is 0.318. The largest absolute Gasteiger partial charge is 0.334 e. The summed E-state index contributed by atoms with van der Waals surface area (Å²) in [7, 11) is -0.542. The molecule has 4 nitrogen and oxygen atoms in total. The molecule has 13 heavy (non-hydrogen) atoms. The second kappa shape index (κ2) is 5.49. The first-order valence-corrected chi connectivity index (χ1v) is 7.24. The van der Waals surface area contributed by atoms with Crippen molar-refractivity contribution in [3.05, 3.63) is 0 Å². The first kappa shape index (κ1) is 11.7. The Bertz CT molecular complexity index is 149. The average molecular weight is 223 g/mol. The van der Waals surface area contributed by atoms with Crippen molar-refractivity contribution in [2.24, 2.45) is 11.1 Å². The molecular weight excluding hydrogens is 205 g/mol. The molecule has 1 unspecified atom stereocenters. The topological polar surface area (TPSA) is 59.3 Å². The maximum Gasteiger partial charge on any atom is 0.180 e. The van der Waals surface area contributed by atoms with Crippen LogP contribution in [0.25, 0.3) is 0 Å². The van der Waals surface area contributed by atoms with Crippen LogP contribution >= 0.6 is 18.9 Å². The van der Waals surface area contributed by atoms with Crippen molar-refractivity contribution < 1.29 is 4.52 Å². The van der Waals surface area contributed by atoms with Gasteiger partial charge in [-0.15, -0.1) is 0 Å². The Morgan fingerprint density at radius 2 is 2.38 bits per heavy atom. The van der Waals surface area contributed by atoms with Crippen LogP contribution in [0.1, 0.15) is 13.8 Å². The van der Waals surface area contributed by atoms with Crippen molar-refractivity contribution in [1.82, 2.24) is 10.6 Å². The van der Waals surface area contributed by atoms with E-state index in [0.717, 1.165) is 18.9 Å². The number of hydrogen-bond acceptors (Lipinski definition) is 5. The highest BCUT2D eigenvalue weighted by atomic mass is 32.7. The standard InChI is InChI=1S/C7H18N3OPS/c1-7(2)5-11-12(13-6-7)10-9-4-3-8/h9-10H,3-6,8H2,1-2H3. The molecule has 0 aromatic carbocycles. The first-order chi connectivity index (χ1) is 6.14. The minimum Gasteiger partial charge on any atom is -0.334 e. The molecule has 0 aromatic heterocycles. The molecule has 0 radical (unpaired) electrons. The van der Waals surface area contributed by atoms with Gasteiger partial charge in [0, 0.05) is 18.8 Å². The molecule has 1 aliphatic heterocycles. The van der Waals surface area contributed by atoms with Gasteiger partial charge in [-0.1, -0.05) is 25.2 Å². The van der Waals surface area contributed by atoms with Gasteiger partial charge in [0.2, 0.25) is 0 Å². The van der Waals surface area contributed by atoms with E-state index in [-0.39, 0.29) is 0 Å². The number of hydrogen-bond donors (Lipinski definition) is 3. The molecule has 1 rings (SSSR count). The van der Waals surface area contributed by atoms with Crippen LogP contribution in [0.5, 0.6) is 0 Å². The van der Waals surface area contributed by atoms with Crippen LogP contribution in [0.4, 0.5) is 0 Å². The zero-order chi connectivity index (χ0) is 9.73. The lowest BCUT2D eigenvalue weighted by atomic mass is 9.98. The first-order valence-electron chi connectivity index (χ1n) is 4.39. The van der Waals surface area contributed by atoms with Crippen molar-refractivity contribution in [3.63, 3.8) is 0 Å². The Morgan fingerprint density at radius 3 is 2.92 bits per heavy atom. The van der Waals surface area contributed by atoms with E-state index in [0.29, 0.717) is 12.0 Å². The summed E-state index contributed by atoms with van der Waals surface area (Å²) < 4.78 is 5.65. The molecule has 1 saturated heterocycles. The van der Waals surface area contributed by atoms with E-state index >= 15 is 0 Å². The predicted molar refractivity (Wildman–Crippen MR) is 59.3 cm³/mol. The third-order valence-electron chi connectivity index (χ3n) is 1.58. The highest BCUT2D eigenvalue weighted by Gasteiger charge is 2.28. The summed E-state index contributed by atoms with van der Waals surface area (Å²) >= 11 is 1.85. The van der Waals surface area contributed by atoms with E-state index < -0.39 is 7.50 Å². The second-order valence-electron chi connectivity index (χ2n) is 3.80. The Labute approximate surface area is 85.0 Å². The summed E-state index contributed by atoms with van der Waals surface area (Å²) in [4.78, 5) is 0. The summed E-state index contributed by atoms with van der Waals surface area (Å²) in [5, 5.41) is 3.14. The lowest BCUT2D eigenvalue weighted by molar-refractivity contribution is 0.215. The molecule has 0 amide bonds. The molecule has 1 aliphatic rings. The average Bonchev–Trinajstić information content (AvgIpc) is 2.08. The fraction of sp³-hybridized carbons (Fsp3) is 1.00. The molecule has 78 valence electrons. The molecule has 0 saturated carbocycles. The molecule has 0 bridgehead atoms. The molecular formula is C7H18N3OPS. The van der Waals surface area contributed by atoms with Gasteiger partial charge in [0.25, 0.3) is 0 Å². The molecule has 1 heterocycles. The maximum atomic E-state index is 5.65. The van der Waals surface area contributed by atoms with Crippen molar-refractivity contribution >= 4 is 18.9 Å². The smallest absolute Gasteiger partial charge is 0.180 e.